The van der Waals surface area contributed by atoms with E-state index in [1.807, 2.05) is 6.92 Å². The lowest BCUT2D eigenvalue weighted by molar-refractivity contribution is 0.117. The van der Waals surface area contributed by atoms with Gasteiger partial charge in [0.05, 0.1) is 0 Å². The Morgan fingerprint density at radius 1 is 1.46 bits per heavy atom. The molecule has 0 aliphatic rings. The van der Waals surface area contributed by atoms with Gasteiger partial charge in [0.2, 0.25) is 5.13 Å². The van der Waals surface area contributed by atoms with Crippen LogP contribution in [0.2, 0.25) is 0 Å². The van der Waals surface area contributed by atoms with Gasteiger partial charge < -0.3 is 10.1 Å². The standard InChI is InChI=1S/C8H15N3OS/c1-3-5-12-6-7-10-8(9-4-2)13-11-7/h3-6H2,1-2H3,(H,9,10,11). The molecule has 1 rings (SSSR count). The zero-order chi connectivity index (χ0) is 9.52. The summed E-state index contributed by atoms with van der Waals surface area (Å²) in [6.45, 7) is 6.29. The van der Waals surface area contributed by atoms with Gasteiger partial charge in [0.25, 0.3) is 0 Å². The van der Waals surface area contributed by atoms with Crippen molar-refractivity contribution in [3.63, 3.8) is 0 Å². The minimum Gasteiger partial charge on any atom is -0.373 e. The van der Waals surface area contributed by atoms with Gasteiger partial charge in [0, 0.05) is 24.7 Å². The van der Waals surface area contributed by atoms with Gasteiger partial charge in [-0.15, -0.1) is 0 Å². The Labute approximate surface area is 82.5 Å². The summed E-state index contributed by atoms with van der Waals surface area (Å²) in [7, 11) is 0. The molecule has 0 radical (unpaired) electrons. The lowest BCUT2D eigenvalue weighted by Crippen LogP contribution is -1.98. The fraction of sp³-hybridized carbons (Fsp3) is 0.750. The number of hydrogen-bond donors (Lipinski definition) is 1. The van der Waals surface area contributed by atoms with E-state index in [0.29, 0.717) is 6.61 Å². The molecule has 13 heavy (non-hydrogen) atoms. The molecule has 1 aromatic rings. The molecule has 1 aromatic heterocycles. The maximum atomic E-state index is 5.31. The third-order valence-electron chi connectivity index (χ3n) is 1.38. The minimum atomic E-state index is 0.524. The van der Waals surface area contributed by atoms with E-state index in [4.69, 9.17) is 4.74 Å². The molecule has 0 unspecified atom stereocenters. The maximum absolute atomic E-state index is 5.31. The summed E-state index contributed by atoms with van der Waals surface area (Å²) in [5.74, 6) is 0.773. The highest BCUT2D eigenvalue weighted by atomic mass is 32.1. The number of ether oxygens (including phenoxy) is 1. The first kappa shape index (κ1) is 10.4. The smallest absolute Gasteiger partial charge is 0.202 e. The second kappa shape index (κ2) is 5.88. The number of rotatable bonds is 6. The third kappa shape index (κ3) is 3.69. The molecule has 0 aromatic carbocycles. The topological polar surface area (TPSA) is 47.0 Å². The fourth-order valence-electron chi connectivity index (χ4n) is 0.843. The van der Waals surface area contributed by atoms with Crippen LogP contribution in [0.3, 0.4) is 0 Å². The number of anilines is 1. The Hall–Kier alpha value is -0.680. The summed E-state index contributed by atoms with van der Waals surface area (Å²) >= 11 is 1.38. The molecule has 0 spiro atoms. The highest BCUT2D eigenvalue weighted by Gasteiger charge is 2.01. The minimum absolute atomic E-state index is 0.524. The number of nitrogens with zero attached hydrogens (tertiary/aromatic N) is 2. The molecule has 0 amide bonds. The second-order valence-corrected chi connectivity index (χ2v) is 3.35. The lowest BCUT2D eigenvalue weighted by atomic mass is 10.5. The molecule has 1 N–H and O–H groups in total. The highest BCUT2D eigenvalue weighted by Crippen LogP contribution is 2.10. The Morgan fingerprint density at radius 2 is 2.31 bits per heavy atom. The molecule has 0 atom stereocenters. The SMILES string of the molecule is CCCOCc1nsc(NCC)n1. The molecule has 0 aliphatic carbocycles. The number of aromatic nitrogens is 2. The Kier molecular flexibility index (Phi) is 4.70. The lowest BCUT2D eigenvalue weighted by Gasteiger charge is -1.96. The molecule has 4 nitrogen and oxygen atoms in total. The van der Waals surface area contributed by atoms with Crippen LogP contribution < -0.4 is 5.32 Å². The van der Waals surface area contributed by atoms with Gasteiger partial charge in [-0.1, -0.05) is 6.92 Å². The van der Waals surface area contributed by atoms with Gasteiger partial charge in [-0.2, -0.15) is 4.37 Å². The van der Waals surface area contributed by atoms with Crippen molar-refractivity contribution in [3.05, 3.63) is 5.82 Å². The molecule has 0 fully saturated rings. The van der Waals surface area contributed by atoms with E-state index in [1.54, 1.807) is 0 Å². The van der Waals surface area contributed by atoms with Crippen LogP contribution in [-0.2, 0) is 11.3 Å². The monoisotopic (exact) mass is 201 g/mol. The first-order valence-corrected chi connectivity index (χ1v) is 5.28. The van der Waals surface area contributed by atoms with Gasteiger partial charge in [-0.3, -0.25) is 0 Å². The van der Waals surface area contributed by atoms with E-state index in [0.717, 1.165) is 30.5 Å². The summed E-state index contributed by atoms with van der Waals surface area (Å²) < 4.78 is 9.46. The van der Waals surface area contributed by atoms with Gasteiger partial charge in [-0.05, 0) is 13.3 Å². The van der Waals surface area contributed by atoms with Gasteiger partial charge in [0.1, 0.15) is 6.61 Å². The van der Waals surface area contributed by atoms with Crippen molar-refractivity contribution in [1.29, 1.82) is 0 Å². The predicted molar refractivity (Wildman–Crippen MR) is 54.0 cm³/mol. The normalized spacial score (nSPS) is 10.3. The van der Waals surface area contributed by atoms with Gasteiger partial charge >= 0.3 is 0 Å². The van der Waals surface area contributed by atoms with E-state index in [9.17, 15) is 0 Å². The first-order chi connectivity index (χ1) is 6.36. The van der Waals surface area contributed by atoms with Crippen molar-refractivity contribution in [1.82, 2.24) is 9.36 Å². The van der Waals surface area contributed by atoms with Crippen LogP contribution in [-0.4, -0.2) is 22.5 Å². The Morgan fingerprint density at radius 3 is 3.00 bits per heavy atom. The zero-order valence-electron chi connectivity index (χ0n) is 8.04. The van der Waals surface area contributed by atoms with E-state index >= 15 is 0 Å². The van der Waals surface area contributed by atoms with Crippen molar-refractivity contribution in [2.24, 2.45) is 0 Å². The van der Waals surface area contributed by atoms with E-state index in [2.05, 4.69) is 21.6 Å². The summed E-state index contributed by atoms with van der Waals surface area (Å²) in [6.07, 6.45) is 1.03. The Balaban J connectivity index is 2.31. The van der Waals surface area contributed by atoms with Crippen LogP contribution in [0.4, 0.5) is 5.13 Å². The van der Waals surface area contributed by atoms with Gasteiger partial charge in [0.15, 0.2) is 5.82 Å². The van der Waals surface area contributed by atoms with Crippen molar-refractivity contribution in [3.8, 4) is 0 Å². The van der Waals surface area contributed by atoms with E-state index in [-0.39, 0.29) is 0 Å². The summed E-state index contributed by atoms with van der Waals surface area (Å²) in [6, 6.07) is 0. The largest absolute Gasteiger partial charge is 0.373 e. The number of hydrogen-bond acceptors (Lipinski definition) is 5. The number of nitrogens with one attached hydrogen (secondary N) is 1. The second-order valence-electron chi connectivity index (χ2n) is 2.60. The average Bonchev–Trinajstić information content (AvgIpc) is 2.54. The highest BCUT2D eigenvalue weighted by molar-refractivity contribution is 7.09. The summed E-state index contributed by atoms with van der Waals surface area (Å²) in [5.41, 5.74) is 0. The van der Waals surface area contributed by atoms with Crippen molar-refractivity contribution < 1.29 is 4.74 Å². The molecule has 1 heterocycles. The molecular weight excluding hydrogens is 186 g/mol. The fourth-order valence-corrected chi connectivity index (χ4v) is 1.48. The molecule has 0 saturated carbocycles. The first-order valence-electron chi connectivity index (χ1n) is 4.51. The zero-order valence-corrected chi connectivity index (χ0v) is 8.86. The van der Waals surface area contributed by atoms with Crippen LogP contribution in [0, 0.1) is 0 Å². The van der Waals surface area contributed by atoms with Crippen LogP contribution in [0.25, 0.3) is 0 Å². The molecule has 74 valence electrons. The summed E-state index contributed by atoms with van der Waals surface area (Å²) in [5, 5.41) is 3.98. The quantitative estimate of drug-likeness (QED) is 0.714. The maximum Gasteiger partial charge on any atom is 0.202 e. The molecule has 0 aliphatic heterocycles. The molecule has 0 saturated heterocycles. The summed E-state index contributed by atoms with van der Waals surface area (Å²) in [4.78, 5) is 4.24. The van der Waals surface area contributed by atoms with Gasteiger partial charge in [-0.25, -0.2) is 4.98 Å². The van der Waals surface area contributed by atoms with Crippen LogP contribution >= 0.6 is 11.5 Å². The van der Waals surface area contributed by atoms with E-state index < -0.39 is 0 Å². The van der Waals surface area contributed by atoms with Crippen molar-refractivity contribution in [2.75, 3.05) is 18.5 Å². The van der Waals surface area contributed by atoms with Crippen LogP contribution in [0.5, 0.6) is 0 Å². The Bertz CT molecular complexity index is 239. The third-order valence-corrected chi connectivity index (χ3v) is 2.09. The van der Waals surface area contributed by atoms with Crippen molar-refractivity contribution >= 4 is 16.7 Å². The van der Waals surface area contributed by atoms with Crippen LogP contribution in [0.15, 0.2) is 0 Å². The average molecular weight is 201 g/mol. The molecule has 0 bridgehead atoms. The molecular formula is C8H15N3OS. The molecule has 5 heteroatoms. The van der Waals surface area contributed by atoms with Crippen molar-refractivity contribution in [2.45, 2.75) is 26.9 Å². The van der Waals surface area contributed by atoms with E-state index in [1.165, 1.54) is 11.5 Å². The van der Waals surface area contributed by atoms with Crippen LogP contribution in [0.1, 0.15) is 26.1 Å². The predicted octanol–water partition coefficient (Wildman–Crippen LogP) is 1.90.